The molecule has 11 heteroatoms. The van der Waals surface area contributed by atoms with E-state index < -0.39 is 43.2 Å². The van der Waals surface area contributed by atoms with Crippen LogP contribution in [0.1, 0.15) is 24.9 Å². The van der Waals surface area contributed by atoms with Crippen molar-refractivity contribution < 1.29 is 37.1 Å². The van der Waals surface area contributed by atoms with Crippen LogP contribution in [0.4, 0.5) is 18.0 Å². The Morgan fingerprint density at radius 3 is 2.52 bits per heavy atom. The van der Waals surface area contributed by atoms with E-state index in [1.165, 1.54) is 10.2 Å². The van der Waals surface area contributed by atoms with Crippen LogP contribution in [-0.2, 0) is 19.1 Å². The molecule has 1 saturated heterocycles. The molecule has 4 amide bonds. The Morgan fingerprint density at radius 1 is 1.24 bits per heavy atom. The molecule has 1 aromatic carbocycles. The first-order chi connectivity index (χ1) is 13.6. The molecule has 1 heterocycles. The highest BCUT2D eigenvalue weighted by molar-refractivity contribution is 5.96. The van der Waals surface area contributed by atoms with Crippen LogP contribution in [0.2, 0.25) is 0 Å². The van der Waals surface area contributed by atoms with Crippen molar-refractivity contribution in [2.45, 2.75) is 25.6 Å². The molecular formula is C18H20F3N3O5. The number of nitrogens with one attached hydrogen (secondary N) is 2. The molecule has 0 aromatic heterocycles. The van der Waals surface area contributed by atoms with Crippen LogP contribution in [0.25, 0.3) is 0 Å². The number of likely N-dealkylation sites (tertiary alicyclic amines) is 1. The van der Waals surface area contributed by atoms with E-state index in [0.717, 1.165) is 5.56 Å². The highest BCUT2D eigenvalue weighted by atomic mass is 19.4. The van der Waals surface area contributed by atoms with E-state index in [4.69, 9.17) is 4.74 Å². The number of hydrogen-bond acceptors (Lipinski definition) is 5. The summed E-state index contributed by atoms with van der Waals surface area (Å²) in [6, 6.07) is 7.62. The minimum absolute atomic E-state index is 0.0797. The molecule has 0 saturated carbocycles. The fraction of sp³-hybridized carbons (Fsp3) is 0.444. The molecular weight excluding hydrogens is 395 g/mol. The largest absolute Gasteiger partial charge is 0.455 e. The molecule has 0 bridgehead atoms. The summed E-state index contributed by atoms with van der Waals surface area (Å²) in [7, 11) is 0. The van der Waals surface area contributed by atoms with Gasteiger partial charge in [-0.05, 0) is 12.5 Å². The van der Waals surface area contributed by atoms with Crippen LogP contribution in [0, 0.1) is 5.92 Å². The maximum absolute atomic E-state index is 12.2. The predicted octanol–water partition coefficient (Wildman–Crippen LogP) is 1.53. The van der Waals surface area contributed by atoms with Crippen molar-refractivity contribution in [1.82, 2.24) is 15.5 Å². The van der Waals surface area contributed by atoms with Gasteiger partial charge in [-0.2, -0.15) is 13.2 Å². The SMILES string of the molecule is C[C@@H](c1ccccc1)N1C[C@@H](C(=O)OCC(=O)NC(=O)NCC(F)(F)F)CC1=O. The van der Waals surface area contributed by atoms with Crippen molar-refractivity contribution in [2.24, 2.45) is 5.92 Å². The lowest BCUT2D eigenvalue weighted by Crippen LogP contribution is -2.44. The van der Waals surface area contributed by atoms with E-state index >= 15 is 0 Å². The molecule has 1 aromatic rings. The molecule has 2 N–H and O–H groups in total. The second-order valence-electron chi connectivity index (χ2n) is 6.49. The maximum Gasteiger partial charge on any atom is 0.405 e. The summed E-state index contributed by atoms with van der Waals surface area (Å²) in [6.45, 7) is -0.516. The molecule has 0 aliphatic carbocycles. The van der Waals surface area contributed by atoms with Gasteiger partial charge < -0.3 is 15.0 Å². The predicted molar refractivity (Wildman–Crippen MR) is 93.2 cm³/mol. The summed E-state index contributed by atoms with van der Waals surface area (Å²) in [5, 5.41) is 3.06. The first-order valence-electron chi connectivity index (χ1n) is 8.72. The standard InChI is InChI=1S/C18H20F3N3O5/c1-11(12-5-3-2-4-6-12)24-8-13(7-15(24)26)16(27)29-9-14(25)23-17(28)22-10-18(19,20)21/h2-6,11,13H,7-10H2,1H3,(H2,22,23,25,28)/t11-,13-/m0/s1. The Labute approximate surface area is 164 Å². The van der Waals surface area contributed by atoms with Crippen LogP contribution in [0.15, 0.2) is 30.3 Å². The Balaban J connectivity index is 1.79. The van der Waals surface area contributed by atoms with Gasteiger partial charge in [0.15, 0.2) is 6.61 Å². The molecule has 158 valence electrons. The second-order valence-corrected chi connectivity index (χ2v) is 6.49. The summed E-state index contributed by atoms with van der Waals surface area (Å²) < 4.78 is 40.7. The summed E-state index contributed by atoms with van der Waals surface area (Å²) >= 11 is 0. The van der Waals surface area contributed by atoms with Gasteiger partial charge in [0.1, 0.15) is 6.54 Å². The van der Waals surface area contributed by atoms with Crippen LogP contribution in [-0.4, -0.2) is 54.6 Å². The van der Waals surface area contributed by atoms with E-state index in [1.54, 1.807) is 5.32 Å². The topological polar surface area (TPSA) is 105 Å². The average Bonchev–Trinajstić information content (AvgIpc) is 3.06. The normalized spacial score (nSPS) is 17.6. The van der Waals surface area contributed by atoms with E-state index in [2.05, 4.69) is 0 Å². The summed E-state index contributed by atoms with van der Waals surface area (Å²) in [5.41, 5.74) is 0.902. The minimum atomic E-state index is -4.62. The lowest BCUT2D eigenvalue weighted by Gasteiger charge is -2.25. The summed E-state index contributed by atoms with van der Waals surface area (Å²) in [5.74, 6) is -2.90. The smallest absolute Gasteiger partial charge is 0.405 e. The van der Waals surface area contributed by atoms with Gasteiger partial charge in [-0.3, -0.25) is 19.7 Å². The molecule has 29 heavy (non-hydrogen) atoms. The van der Waals surface area contributed by atoms with Gasteiger partial charge in [0.25, 0.3) is 5.91 Å². The van der Waals surface area contributed by atoms with Crippen molar-refractivity contribution in [3.63, 3.8) is 0 Å². The number of benzene rings is 1. The van der Waals surface area contributed by atoms with E-state index in [0.29, 0.717) is 0 Å². The Morgan fingerprint density at radius 2 is 1.90 bits per heavy atom. The Hall–Kier alpha value is -3.11. The molecule has 0 radical (unpaired) electrons. The number of imide groups is 1. The monoisotopic (exact) mass is 415 g/mol. The molecule has 1 fully saturated rings. The van der Waals surface area contributed by atoms with Crippen LogP contribution < -0.4 is 10.6 Å². The lowest BCUT2D eigenvalue weighted by molar-refractivity contribution is -0.152. The molecule has 1 aliphatic rings. The van der Waals surface area contributed by atoms with Gasteiger partial charge in [0, 0.05) is 13.0 Å². The first kappa shape index (κ1) is 22.2. The van der Waals surface area contributed by atoms with E-state index in [9.17, 15) is 32.3 Å². The minimum Gasteiger partial charge on any atom is -0.455 e. The third kappa shape index (κ3) is 6.77. The zero-order valence-corrected chi connectivity index (χ0v) is 15.5. The van der Waals surface area contributed by atoms with E-state index in [1.807, 2.05) is 37.3 Å². The average molecular weight is 415 g/mol. The van der Waals surface area contributed by atoms with Crippen molar-refractivity contribution in [3.05, 3.63) is 35.9 Å². The van der Waals surface area contributed by atoms with Crippen molar-refractivity contribution in [3.8, 4) is 0 Å². The van der Waals surface area contributed by atoms with Gasteiger partial charge in [-0.1, -0.05) is 30.3 Å². The fourth-order valence-electron chi connectivity index (χ4n) is 2.82. The van der Waals surface area contributed by atoms with Gasteiger partial charge in [0.2, 0.25) is 5.91 Å². The number of carbonyl (C=O) groups is 4. The van der Waals surface area contributed by atoms with Gasteiger partial charge in [-0.25, -0.2) is 4.79 Å². The third-order valence-electron chi connectivity index (χ3n) is 4.29. The molecule has 0 unspecified atom stereocenters. The lowest BCUT2D eigenvalue weighted by atomic mass is 10.1. The molecule has 2 atom stereocenters. The number of amides is 4. The molecule has 0 spiro atoms. The van der Waals surface area contributed by atoms with Crippen LogP contribution in [0.5, 0.6) is 0 Å². The highest BCUT2D eigenvalue weighted by Gasteiger charge is 2.38. The zero-order chi connectivity index (χ0) is 21.6. The number of urea groups is 1. The number of carbonyl (C=O) groups excluding carboxylic acids is 4. The fourth-order valence-corrected chi connectivity index (χ4v) is 2.82. The zero-order valence-electron chi connectivity index (χ0n) is 15.5. The molecule has 2 rings (SSSR count). The number of ether oxygens (including phenoxy) is 1. The van der Waals surface area contributed by atoms with Crippen LogP contribution in [0.3, 0.4) is 0 Å². The number of hydrogen-bond donors (Lipinski definition) is 2. The molecule has 1 aliphatic heterocycles. The highest BCUT2D eigenvalue weighted by Crippen LogP contribution is 2.28. The van der Waals surface area contributed by atoms with Crippen molar-refractivity contribution in [1.29, 1.82) is 0 Å². The third-order valence-corrected chi connectivity index (χ3v) is 4.29. The maximum atomic E-state index is 12.2. The van der Waals surface area contributed by atoms with Gasteiger partial charge in [0.05, 0.1) is 12.0 Å². The molecule has 8 nitrogen and oxygen atoms in total. The van der Waals surface area contributed by atoms with Gasteiger partial charge >= 0.3 is 18.2 Å². The number of alkyl halides is 3. The van der Waals surface area contributed by atoms with Crippen molar-refractivity contribution in [2.75, 3.05) is 19.7 Å². The Bertz CT molecular complexity index is 770. The summed E-state index contributed by atoms with van der Waals surface area (Å²) in [4.78, 5) is 48.6. The number of rotatable bonds is 6. The number of esters is 1. The quantitative estimate of drug-likeness (QED) is 0.686. The van der Waals surface area contributed by atoms with Gasteiger partial charge in [-0.15, -0.1) is 0 Å². The Kier molecular flexibility index (Phi) is 7.18. The first-order valence-corrected chi connectivity index (χ1v) is 8.72. The summed E-state index contributed by atoms with van der Waals surface area (Å²) in [6.07, 6.45) is -4.70. The second kappa shape index (κ2) is 9.39. The number of halogens is 3. The van der Waals surface area contributed by atoms with Crippen molar-refractivity contribution >= 4 is 23.8 Å². The van der Waals surface area contributed by atoms with Crippen LogP contribution >= 0.6 is 0 Å². The van der Waals surface area contributed by atoms with E-state index in [-0.39, 0.29) is 24.9 Å². The number of nitrogens with zero attached hydrogens (tertiary/aromatic N) is 1.